The van der Waals surface area contributed by atoms with Crippen molar-refractivity contribution in [3.63, 3.8) is 0 Å². The molecule has 11 nitrogen and oxygen atoms in total. The van der Waals surface area contributed by atoms with Gasteiger partial charge in [0.15, 0.2) is 0 Å². The largest absolute Gasteiger partial charge is 0.496 e. The van der Waals surface area contributed by atoms with E-state index in [2.05, 4.69) is 0 Å². The minimum absolute atomic E-state index is 0.417. The van der Waals surface area contributed by atoms with Crippen LogP contribution >= 0.6 is 15.2 Å². The first-order chi connectivity index (χ1) is 10.9. The van der Waals surface area contributed by atoms with Crippen molar-refractivity contribution < 1.29 is 52.5 Å². The van der Waals surface area contributed by atoms with E-state index < -0.39 is 54.6 Å². The molecule has 134 valence electrons. The molecular weight excluding hydrogens is 370 g/mol. The quantitative estimate of drug-likeness (QED) is 0.477. The van der Waals surface area contributed by atoms with Crippen molar-refractivity contribution in [1.82, 2.24) is 0 Å². The minimum atomic E-state index is -5.32. The second-order valence-corrected chi connectivity index (χ2v) is 7.25. The van der Waals surface area contributed by atoms with Gasteiger partial charge in [0.1, 0.15) is 28.4 Å². The number of methoxy groups -OCH3 is 3. The first-order valence-electron chi connectivity index (χ1n) is 5.94. The third-order valence-corrected chi connectivity index (χ3v) is 4.32. The molecule has 0 aromatic heterocycles. The molecule has 1 aromatic rings. The molecule has 0 radical (unpaired) electrons. The first-order valence-corrected chi connectivity index (χ1v) is 9.16. The lowest BCUT2D eigenvalue weighted by atomic mass is 10.1. The van der Waals surface area contributed by atoms with E-state index in [9.17, 15) is 18.7 Å². The van der Waals surface area contributed by atoms with Gasteiger partial charge in [-0.25, -0.2) is 0 Å². The zero-order chi connectivity index (χ0) is 18.9. The fourth-order valence-electron chi connectivity index (χ4n) is 1.83. The maximum atomic E-state index is 12.0. The number of hydrogen-bond acceptors (Lipinski definition) is 7. The van der Waals surface area contributed by atoms with E-state index >= 15 is 0 Å². The zero-order valence-corrected chi connectivity index (χ0v) is 14.4. The second-order valence-electron chi connectivity index (χ2n) is 4.26. The van der Waals surface area contributed by atoms with Gasteiger partial charge in [-0.1, -0.05) is 0 Å². The normalized spacial score (nSPS) is 11.8. The number of rotatable bonds is 7. The lowest BCUT2D eigenvalue weighted by molar-refractivity contribution is 0.103. The van der Waals surface area contributed by atoms with Gasteiger partial charge in [0.25, 0.3) is 11.0 Å². The Morgan fingerprint density at radius 1 is 0.792 bits per heavy atom. The predicted octanol–water partition coefficient (Wildman–Crippen LogP) is 0.348. The molecule has 0 amide bonds. The summed E-state index contributed by atoms with van der Waals surface area (Å²) in [5.74, 6) is -1.62. The Labute approximate surface area is 135 Å². The molecule has 0 spiro atoms. The monoisotopic (exact) mass is 384 g/mol. The van der Waals surface area contributed by atoms with Crippen LogP contribution < -0.4 is 14.2 Å². The summed E-state index contributed by atoms with van der Waals surface area (Å²) in [4.78, 5) is 60.3. The highest BCUT2D eigenvalue weighted by Crippen LogP contribution is 2.51. The summed E-state index contributed by atoms with van der Waals surface area (Å²) >= 11 is 0. The van der Waals surface area contributed by atoms with Crippen LogP contribution in [0.15, 0.2) is 6.07 Å². The smallest absolute Gasteiger partial charge is 0.396 e. The average molecular weight is 384 g/mol. The summed E-state index contributed by atoms with van der Waals surface area (Å²) in [6, 6.07) is 0.883. The molecule has 0 aliphatic heterocycles. The Morgan fingerprint density at radius 3 is 1.33 bits per heavy atom. The van der Waals surface area contributed by atoms with Gasteiger partial charge in [-0.05, 0) is 0 Å². The molecule has 0 unspecified atom stereocenters. The van der Waals surface area contributed by atoms with Gasteiger partial charge in [-0.15, -0.1) is 0 Å². The lowest BCUT2D eigenvalue weighted by Gasteiger charge is -2.19. The Hall–Kier alpha value is -1.74. The summed E-state index contributed by atoms with van der Waals surface area (Å²) in [5, 5.41) is 0. The minimum Gasteiger partial charge on any atom is -0.496 e. The van der Waals surface area contributed by atoms with E-state index in [0.717, 1.165) is 27.4 Å². The van der Waals surface area contributed by atoms with Crippen LogP contribution in [0.3, 0.4) is 0 Å². The fraction of sp³-hybridized carbons (Fsp3) is 0.273. The zero-order valence-electron chi connectivity index (χ0n) is 12.6. The van der Waals surface area contributed by atoms with Crippen LogP contribution in [0, 0.1) is 0 Å². The number of ether oxygens (including phenoxy) is 3. The van der Waals surface area contributed by atoms with E-state index in [-0.39, 0.29) is 0 Å². The van der Waals surface area contributed by atoms with Crippen LogP contribution in [0.25, 0.3) is 0 Å². The first kappa shape index (κ1) is 20.3. The number of carbonyl (C=O) groups is 2. The third-order valence-electron chi connectivity index (χ3n) is 2.81. The molecule has 1 rings (SSSR count). The van der Waals surface area contributed by atoms with Crippen LogP contribution in [-0.2, 0) is 9.13 Å². The number of carbonyl (C=O) groups excluding carboxylic acids is 2. The van der Waals surface area contributed by atoms with E-state index in [1.54, 1.807) is 0 Å². The molecular formula is C11H14O11P2. The molecule has 0 heterocycles. The topological polar surface area (TPSA) is 177 Å². The van der Waals surface area contributed by atoms with Crippen molar-refractivity contribution in [3.05, 3.63) is 17.2 Å². The highest BCUT2D eigenvalue weighted by atomic mass is 31.2. The van der Waals surface area contributed by atoms with Crippen molar-refractivity contribution in [2.45, 2.75) is 0 Å². The second kappa shape index (κ2) is 7.02. The Kier molecular flexibility index (Phi) is 5.94. The molecule has 0 aliphatic carbocycles. The Balaban J connectivity index is 3.97. The van der Waals surface area contributed by atoms with Gasteiger partial charge in [0, 0.05) is 6.07 Å². The summed E-state index contributed by atoms with van der Waals surface area (Å²) < 4.78 is 37.0. The van der Waals surface area contributed by atoms with Gasteiger partial charge in [-0.3, -0.25) is 18.7 Å². The van der Waals surface area contributed by atoms with E-state index in [1.165, 1.54) is 0 Å². The van der Waals surface area contributed by atoms with E-state index in [1.807, 2.05) is 0 Å². The molecule has 1 aromatic carbocycles. The SMILES string of the molecule is COc1cc(OC)c(C(=O)P(=O)(O)O)c(OC)c1C(=O)P(=O)(O)O. The number of benzene rings is 1. The summed E-state index contributed by atoms with van der Waals surface area (Å²) in [7, 11) is -7.58. The standard InChI is InChI=1S/C11H14O11P2/c1-20-5-4-6(21-2)8(11(13)24(17,18)19)9(22-3)7(5)10(12)23(14,15)16/h4H,1-3H3,(H2,14,15,16)(H2,17,18,19). The van der Waals surface area contributed by atoms with Crippen molar-refractivity contribution in [3.8, 4) is 17.2 Å². The van der Waals surface area contributed by atoms with Crippen LogP contribution in [0.4, 0.5) is 0 Å². The third kappa shape index (κ3) is 3.84. The molecule has 0 aliphatic rings. The summed E-state index contributed by atoms with van der Waals surface area (Å²) in [5.41, 5.74) is -5.19. The van der Waals surface area contributed by atoms with Gasteiger partial charge in [0.2, 0.25) is 0 Å². The molecule has 24 heavy (non-hydrogen) atoms. The summed E-state index contributed by atoms with van der Waals surface area (Å²) in [6.45, 7) is 0. The molecule has 4 N–H and O–H groups in total. The van der Waals surface area contributed by atoms with E-state index in [0.29, 0.717) is 0 Å². The molecule has 13 heteroatoms. The van der Waals surface area contributed by atoms with Crippen molar-refractivity contribution in [2.24, 2.45) is 0 Å². The molecule has 0 atom stereocenters. The van der Waals surface area contributed by atoms with Crippen molar-refractivity contribution in [1.29, 1.82) is 0 Å². The maximum Gasteiger partial charge on any atom is 0.396 e. The highest BCUT2D eigenvalue weighted by Gasteiger charge is 2.40. The molecule has 0 bridgehead atoms. The Bertz CT molecular complexity index is 712. The number of hydrogen-bond donors (Lipinski definition) is 4. The van der Waals surface area contributed by atoms with Crippen molar-refractivity contribution in [2.75, 3.05) is 21.3 Å². The Morgan fingerprint density at radius 2 is 1.12 bits per heavy atom. The van der Waals surface area contributed by atoms with E-state index in [4.69, 9.17) is 33.8 Å². The van der Waals surface area contributed by atoms with Crippen LogP contribution in [0.1, 0.15) is 20.7 Å². The fourth-order valence-corrected chi connectivity index (χ4v) is 2.84. The van der Waals surface area contributed by atoms with Gasteiger partial charge >= 0.3 is 15.2 Å². The lowest BCUT2D eigenvalue weighted by Crippen LogP contribution is -2.12. The van der Waals surface area contributed by atoms with Gasteiger partial charge in [0.05, 0.1) is 21.3 Å². The van der Waals surface area contributed by atoms with Crippen LogP contribution in [0.2, 0.25) is 0 Å². The van der Waals surface area contributed by atoms with Gasteiger partial charge in [-0.2, -0.15) is 0 Å². The van der Waals surface area contributed by atoms with Crippen LogP contribution in [-0.4, -0.2) is 52.0 Å². The molecule has 0 saturated heterocycles. The molecule has 0 saturated carbocycles. The van der Waals surface area contributed by atoms with Gasteiger partial charge < -0.3 is 33.8 Å². The molecule has 0 fully saturated rings. The summed E-state index contributed by atoms with van der Waals surface area (Å²) in [6.07, 6.45) is 0. The van der Waals surface area contributed by atoms with Crippen molar-refractivity contribution >= 4 is 26.2 Å². The average Bonchev–Trinajstić information content (AvgIpc) is 2.49. The predicted molar refractivity (Wildman–Crippen MR) is 78.8 cm³/mol. The highest BCUT2D eigenvalue weighted by molar-refractivity contribution is 7.71. The van der Waals surface area contributed by atoms with Crippen LogP contribution in [0.5, 0.6) is 17.2 Å². The maximum absolute atomic E-state index is 12.0.